The van der Waals surface area contributed by atoms with Gasteiger partial charge in [-0.2, -0.15) is 0 Å². The van der Waals surface area contributed by atoms with Crippen LogP contribution in [0.4, 0.5) is 0 Å². The third kappa shape index (κ3) is 2.94. The molecule has 1 saturated carbocycles. The normalized spacial score (nSPS) is 16.9. The van der Waals surface area contributed by atoms with Gasteiger partial charge in [-0.1, -0.05) is 12.1 Å². The van der Waals surface area contributed by atoms with Crippen LogP contribution in [0.5, 0.6) is 5.75 Å². The molecule has 0 bridgehead atoms. The quantitative estimate of drug-likeness (QED) is 0.771. The second kappa shape index (κ2) is 5.14. The van der Waals surface area contributed by atoms with Crippen molar-refractivity contribution < 1.29 is 9.57 Å². The standard InChI is InChI=1S/C12H17NO2/c13-14-9-10-5-7-12(8-6-10)15-11-3-1-2-4-11/h5-8,11H,1-4,9,13H2. The van der Waals surface area contributed by atoms with E-state index >= 15 is 0 Å². The van der Waals surface area contributed by atoms with Crippen molar-refractivity contribution in [3.63, 3.8) is 0 Å². The Morgan fingerprint density at radius 2 is 1.80 bits per heavy atom. The average molecular weight is 207 g/mol. The zero-order valence-corrected chi connectivity index (χ0v) is 8.82. The van der Waals surface area contributed by atoms with Gasteiger partial charge in [-0.15, -0.1) is 0 Å². The maximum atomic E-state index is 5.84. The van der Waals surface area contributed by atoms with Crippen LogP contribution in [0.25, 0.3) is 0 Å². The minimum absolute atomic E-state index is 0.418. The topological polar surface area (TPSA) is 44.5 Å². The predicted molar refractivity (Wildman–Crippen MR) is 58.3 cm³/mol. The lowest BCUT2D eigenvalue weighted by Crippen LogP contribution is -2.10. The molecule has 3 heteroatoms. The first kappa shape index (κ1) is 10.5. The van der Waals surface area contributed by atoms with Crippen LogP contribution < -0.4 is 10.6 Å². The predicted octanol–water partition coefficient (Wildman–Crippen LogP) is 2.40. The van der Waals surface area contributed by atoms with Crippen LogP contribution in [0.15, 0.2) is 24.3 Å². The molecule has 0 aliphatic heterocycles. The Kier molecular flexibility index (Phi) is 3.59. The molecule has 82 valence electrons. The number of hydrogen-bond acceptors (Lipinski definition) is 3. The fourth-order valence-electron chi connectivity index (χ4n) is 1.96. The molecule has 0 amide bonds. The van der Waals surface area contributed by atoms with Crippen molar-refractivity contribution in [3.8, 4) is 5.75 Å². The Morgan fingerprint density at radius 1 is 1.13 bits per heavy atom. The summed E-state index contributed by atoms with van der Waals surface area (Å²) in [4.78, 5) is 4.56. The Morgan fingerprint density at radius 3 is 2.40 bits per heavy atom. The Bertz CT molecular complexity index is 291. The van der Waals surface area contributed by atoms with Gasteiger partial charge >= 0.3 is 0 Å². The largest absolute Gasteiger partial charge is 0.490 e. The van der Waals surface area contributed by atoms with E-state index in [-0.39, 0.29) is 0 Å². The summed E-state index contributed by atoms with van der Waals surface area (Å²) in [6.45, 7) is 0.448. The third-order valence-electron chi connectivity index (χ3n) is 2.78. The van der Waals surface area contributed by atoms with E-state index in [1.165, 1.54) is 25.7 Å². The van der Waals surface area contributed by atoms with E-state index in [0.717, 1.165) is 11.3 Å². The van der Waals surface area contributed by atoms with E-state index in [4.69, 9.17) is 10.6 Å². The van der Waals surface area contributed by atoms with Crippen LogP contribution in [0, 0.1) is 0 Å². The summed E-state index contributed by atoms with van der Waals surface area (Å²) < 4.78 is 5.84. The highest BCUT2D eigenvalue weighted by atomic mass is 16.6. The number of ether oxygens (including phenoxy) is 1. The molecular weight excluding hydrogens is 190 g/mol. The van der Waals surface area contributed by atoms with Crippen LogP contribution in [-0.4, -0.2) is 6.10 Å². The third-order valence-corrected chi connectivity index (χ3v) is 2.78. The van der Waals surface area contributed by atoms with Gasteiger partial charge in [-0.25, -0.2) is 5.90 Å². The SMILES string of the molecule is NOCc1ccc(OC2CCCC2)cc1. The summed E-state index contributed by atoms with van der Waals surface area (Å²) >= 11 is 0. The Labute approximate surface area is 90.1 Å². The van der Waals surface area contributed by atoms with Gasteiger partial charge in [-0.05, 0) is 43.4 Å². The molecule has 2 rings (SSSR count). The number of rotatable bonds is 4. The van der Waals surface area contributed by atoms with Crippen LogP contribution in [-0.2, 0) is 11.4 Å². The smallest absolute Gasteiger partial charge is 0.119 e. The van der Waals surface area contributed by atoms with Crippen molar-refractivity contribution >= 4 is 0 Å². The highest BCUT2D eigenvalue weighted by Gasteiger charge is 2.16. The number of hydrogen-bond donors (Lipinski definition) is 1. The second-order valence-electron chi connectivity index (χ2n) is 3.98. The summed E-state index contributed by atoms with van der Waals surface area (Å²) in [5.74, 6) is 5.95. The molecule has 0 spiro atoms. The summed E-state index contributed by atoms with van der Waals surface area (Å²) in [5.41, 5.74) is 1.07. The summed E-state index contributed by atoms with van der Waals surface area (Å²) in [5, 5.41) is 0. The van der Waals surface area contributed by atoms with E-state index in [1.54, 1.807) is 0 Å². The van der Waals surface area contributed by atoms with Crippen molar-refractivity contribution in [2.45, 2.75) is 38.4 Å². The van der Waals surface area contributed by atoms with Crippen LogP contribution in [0.2, 0.25) is 0 Å². The van der Waals surface area contributed by atoms with Gasteiger partial charge in [0.1, 0.15) is 5.75 Å². The number of benzene rings is 1. The lowest BCUT2D eigenvalue weighted by atomic mass is 10.2. The molecule has 0 heterocycles. The van der Waals surface area contributed by atoms with Crippen molar-refractivity contribution in [1.82, 2.24) is 0 Å². The first-order valence-corrected chi connectivity index (χ1v) is 5.46. The van der Waals surface area contributed by atoms with Gasteiger partial charge in [0.25, 0.3) is 0 Å². The molecule has 1 aromatic rings. The highest BCUT2D eigenvalue weighted by molar-refractivity contribution is 5.27. The van der Waals surface area contributed by atoms with Gasteiger partial charge in [0.15, 0.2) is 0 Å². The van der Waals surface area contributed by atoms with E-state index < -0.39 is 0 Å². The Balaban J connectivity index is 1.91. The van der Waals surface area contributed by atoms with Crippen LogP contribution >= 0.6 is 0 Å². The highest BCUT2D eigenvalue weighted by Crippen LogP contribution is 2.24. The maximum Gasteiger partial charge on any atom is 0.119 e. The van der Waals surface area contributed by atoms with Gasteiger partial charge in [0.2, 0.25) is 0 Å². The summed E-state index contributed by atoms with van der Waals surface area (Å²) in [7, 11) is 0. The van der Waals surface area contributed by atoms with Crippen molar-refractivity contribution in [1.29, 1.82) is 0 Å². The first-order chi connectivity index (χ1) is 7.38. The molecular formula is C12H17NO2. The first-order valence-electron chi connectivity index (χ1n) is 5.46. The van der Waals surface area contributed by atoms with Crippen LogP contribution in [0.1, 0.15) is 31.2 Å². The van der Waals surface area contributed by atoms with E-state index in [2.05, 4.69) is 4.84 Å². The molecule has 0 unspecified atom stereocenters. The average Bonchev–Trinajstić information content (AvgIpc) is 2.74. The van der Waals surface area contributed by atoms with E-state index in [9.17, 15) is 0 Å². The van der Waals surface area contributed by atoms with Gasteiger partial charge in [0, 0.05) is 0 Å². The van der Waals surface area contributed by atoms with E-state index in [0.29, 0.717) is 12.7 Å². The Hall–Kier alpha value is -1.06. The lowest BCUT2D eigenvalue weighted by Gasteiger charge is -2.13. The summed E-state index contributed by atoms with van der Waals surface area (Å²) in [6, 6.07) is 7.92. The molecule has 0 aromatic heterocycles. The fourth-order valence-corrected chi connectivity index (χ4v) is 1.96. The van der Waals surface area contributed by atoms with Gasteiger partial charge < -0.3 is 4.74 Å². The summed E-state index contributed by atoms with van der Waals surface area (Å²) in [6.07, 6.45) is 5.39. The monoisotopic (exact) mass is 207 g/mol. The molecule has 15 heavy (non-hydrogen) atoms. The van der Waals surface area contributed by atoms with Crippen molar-refractivity contribution in [3.05, 3.63) is 29.8 Å². The molecule has 1 aliphatic carbocycles. The molecule has 2 N–H and O–H groups in total. The molecule has 1 fully saturated rings. The van der Waals surface area contributed by atoms with Crippen molar-refractivity contribution in [2.24, 2.45) is 5.90 Å². The van der Waals surface area contributed by atoms with Gasteiger partial charge in [-0.3, -0.25) is 4.84 Å². The minimum atomic E-state index is 0.418. The number of nitrogens with two attached hydrogens (primary N) is 1. The molecule has 1 aliphatic rings. The zero-order valence-electron chi connectivity index (χ0n) is 8.82. The zero-order chi connectivity index (χ0) is 10.5. The minimum Gasteiger partial charge on any atom is -0.490 e. The fraction of sp³-hybridized carbons (Fsp3) is 0.500. The molecule has 3 nitrogen and oxygen atoms in total. The second-order valence-corrected chi connectivity index (χ2v) is 3.98. The van der Waals surface area contributed by atoms with Gasteiger partial charge in [0.05, 0.1) is 12.7 Å². The van der Waals surface area contributed by atoms with Crippen molar-refractivity contribution in [2.75, 3.05) is 0 Å². The molecule has 1 aromatic carbocycles. The molecule has 0 radical (unpaired) electrons. The molecule has 0 saturated heterocycles. The molecule has 0 atom stereocenters. The maximum absolute atomic E-state index is 5.84. The lowest BCUT2D eigenvalue weighted by molar-refractivity contribution is 0.124. The van der Waals surface area contributed by atoms with E-state index in [1.807, 2.05) is 24.3 Å². The van der Waals surface area contributed by atoms with Crippen LogP contribution in [0.3, 0.4) is 0 Å².